The molecule has 0 radical (unpaired) electrons. The van der Waals surface area contributed by atoms with Gasteiger partial charge in [0.2, 0.25) is 5.91 Å². The number of nitrogens with two attached hydrogens (primary N) is 1. The standard InChI is InChI=1S/C22H24N2O5/c23-21(26)17-10-12-24(13-11-17)20(25)15-29-22(27)18-8-4-5-9-19(18)28-14-16-6-2-1-3-7-16/h1-9,17H,10-15H2,(H2,23,26). The van der Waals surface area contributed by atoms with Crippen molar-refractivity contribution in [1.29, 1.82) is 0 Å². The molecule has 1 aliphatic heterocycles. The van der Waals surface area contributed by atoms with Crippen molar-refractivity contribution in [3.8, 4) is 5.75 Å². The highest BCUT2D eigenvalue weighted by atomic mass is 16.5. The number of rotatable bonds is 7. The Morgan fingerprint density at radius 3 is 2.31 bits per heavy atom. The smallest absolute Gasteiger partial charge is 0.342 e. The molecule has 2 N–H and O–H groups in total. The fourth-order valence-corrected chi connectivity index (χ4v) is 3.21. The van der Waals surface area contributed by atoms with Crippen molar-refractivity contribution in [1.82, 2.24) is 4.90 Å². The second-order valence-corrected chi connectivity index (χ2v) is 6.90. The maximum Gasteiger partial charge on any atom is 0.342 e. The molecule has 29 heavy (non-hydrogen) atoms. The lowest BCUT2D eigenvalue weighted by Crippen LogP contribution is -2.43. The van der Waals surface area contributed by atoms with Crippen molar-refractivity contribution in [3.05, 3.63) is 65.7 Å². The fraction of sp³-hybridized carbons (Fsp3) is 0.318. The van der Waals surface area contributed by atoms with Gasteiger partial charge in [-0.2, -0.15) is 0 Å². The summed E-state index contributed by atoms with van der Waals surface area (Å²) in [6.07, 6.45) is 1.07. The van der Waals surface area contributed by atoms with Crippen LogP contribution in [0.4, 0.5) is 0 Å². The van der Waals surface area contributed by atoms with Gasteiger partial charge in [-0.15, -0.1) is 0 Å². The number of likely N-dealkylation sites (tertiary alicyclic amines) is 1. The first kappa shape index (κ1) is 20.4. The van der Waals surface area contributed by atoms with E-state index in [1.165, 1.54) is 0 Å². The van der Waals surface area contributed by atoms with E-state index in [-0.39, 0.29) is 29.9 Å². The van der Waals surface area contributed by atoms with Crippen LogP contribution in [-0.4, -0.2) is 42.4 Å². The van der Waals surface area contributed by atoms with Gasteiger partial charge in [-0.05, 0) is 30.5 Å². The van der Waals surface area contributed by atoms with Gasteiger partial charge in [-0.1, -0.05) is 42.5 Å². The normalized spacial score (nSPS) is 14.3. The minimum absolute atomic E-state index is 0.199. The monoisotopic (exact) mass is 396 g/mol. The van der Waals surface area contributed by atoms with Gasteiger partial charge in [0.15, 0.2) is 6.61 Å². The average molecular weight is 396 g/mol. The molecule has 0 bridgehead atoms. The van der Waals surface area contributed by atoms with Gasteiger partial charge in [0.05, 0.1) is 0 Å². The molecule has 3 rings (SSSR count). The molecule has 2 aromatic rings. The number of carbonyl (C=O) groups excluding carboxylic acids is 3. The number of hydrogen-bond donors (Lipinski definition) is 1. The van der Waals surface area contributed by atoms with E-state index < -0.39 is 5.97 Å². The minimum atomic E-state index is -0.617. The Morgan fingerprint density at radius 1 is 0.966 bits per heavy atom. The maximum absolute atomic E-state index is 12.5. The number of esters is 1. The van der Waals surface area contributed by atoms with E-state index in [4.69, 9.17) is 15.2 Å². The third kappa shape index (κ3) is 5.57. The molecule has 0 saturated carbocycles. The van der Waals surface area contributed by atoms with Gasteiger partial charge in [0.25, 0.3) is 5.91 Å². The van der Waals surface area contributed by atoms with E-state index in [0.29, 0.717) is 38.3 Å². The van der Waals surface area contributed by atoms with E-state index in [2.05, 4.69) is 0 Å². The Morgan fingerprint density at radius 2 is 1.62 bits per heavy atom. The Balaban J connectivity index is 1.53. The van der Waals surface area contributed by atoms with Crippen LogP contribution in [0, 0.1) is 5.92 Å². The summed E-state index contributed by atoms with van der Waals surface area (Å²) in [4.78, 5) is 37.6. The number of carbonyl (C=O) groups is 3. The SMILES string of the molecule is NC(=O)C1CCN(C(=O)COC(=O)c2ccccc2OCc2ccccc2)CC1. The van der Waals surface area contributed by atoms with Crippen LogP contribution in [-0.2, 0) is 20.9 Å². The summed E-state index contributed by atoms with van der Waals surface area (Å²) in [5.74, 6) is -1.04. The third-order valence-electron chi connectivity index (χ3n) is 4.92. The molecule has 2 amide bonds. The first-order chi connectivity index (χ1) is 14.0. The van der Waals surface area contributed by atoms with Crippen LogP contribution in [0.25, 0.3) is 0 Å². The number of para-hydroxylation sites is 1. The van der Waals surface area contributed by atoms with Crippen LogP contribution in [0.3, 0.4) is 0 Å². The molecule has 0 aromatic heterocycles. The number of benzene rings is 2. The highest BCUT2D eigenvalue weighted by Crippen LogP contribution is 2.21. The van der Waals surface area contributed by atoms with Crippen molar-refractivity contribution < 1.29 is 23.9 Å². The zero-order valence-corrected chi connectivity index (χ0v) is 16.1. The Bertz CT molecular complexity index is 861. The number of nitrogens with zero attached hydrogens (tertiary/aromatic N) is 1. The van der Waals surface area contributed by atoms with Gasteiger partial charge in [0.1, 0.15) is 17.9 Å². The first-order valence-electron chi connectivity index (χ1n) is 9.54. The summed E-state index contributed by atoms with van der Waals surface area (Å²) < 4.78 is 11.0. The molecule has 2 aromatic carbocycles. The Labute approximate surface area is 169 Å². The summed E-state index contributed by atoms with van der Waals surface area (Å²) in [6, 6.07) is 16.4. The second kappa shape index (κ2) is 9.73. The largest absolute Gasteiger partial charge is 0.488 e. The molecular formula is C22H24N2O5. The summed E-state index contributed by atoms with van der Waals surface area (Å²) in [5.41, 5.74) is 6.55. The van der Waals surface area contributed by atoms with Crippen molar-refractivity contribution in [3.63, 3.8) is 0 Å². The van der Waals surface area contributed by atoms with Gasteiger partial charge in [-0.3, -0.25) is 9.59 Å². The molecule has 7 nitrogen and oxygen atoms in total. The van der Waals surface area contributed by atoms with Crippen LogP contribution in [0.5, 0.6) is 5.75 Å². The molecule has 1 heterocycles. The molecule has 7 heteroatoms. The third-order valence-corrected chi connectivity index (χ3v) is 4.92. The molecule has 1 fully saturated rings. The van der Waals surface area contributed by atoms with Crippen LogP contribution in [0.15, 0.2) is 54.6 Å². The summed E-state index contributed by atoms with van der Waals surface area (Å²) in [6.45, 7) is 0.827. The number of ether oxygens (including phenoxy) is 2. The van der Waals surface area contributed by atoms with Crippen molar-refractivity contribution in [2.75, 3.05) is 19.7 Å². The molecule has 1 saturated heterocycles. The van der Waals surface area contributed by atoms with E-state index >= 15 is 0 Å². The Kier molecular flexibility index (Phi) is 6.84. The minimum Gasteiger partial charge on any atom is -0.488 e. The van der Waals surface area contributed by atoms with Gasteiger partial charge in [0, 0.05) is 19.0 Å². The summed E-state index contributed by atoms with van der Waals surface area (Å²) >= 11 is 0. The van der Waals surface area contributed by atoms with E-state index in [9.17, 15) is 14.4 Å². The quantitative estimate of drug-likeness (QED) is 0.723. The number of primary amides is 1. The van der Waals surface area contributed by atoms with Crippen molar-refractivity contribution >= 4 is 17.8 Å². The number of hydrogen-bond acceptors (Lipinski definition) is 5. The fourth-order valence-electron chi connectivity index (χ4n) is 3.21. The summed E-state index contributed by atoms with van der Waals surface area (Å²) in [5, 5.41) is 0. The zero-order chi connectivity index (χ0) is 20.6. The molecule has 0 atom stereocenters. The number of amides is 2. The van der Waals surface area contributed by atoms with Crippen molar-refractivity contribution in [2.45, 2.75) is 19.4 Å². The van der Waals surface area contributed by atoms with Crippen molar-refractivity contribution in [2.24, 2.45) is 11.7 Å². The van der Waals surface area contributed by atoms with Crippen LogP contribution >= 0.6 is 0 Å². The number of piperidine rings is 1. The van der Waals surface area contributed by atoms with Crippen LogP contribution in [0.2, 0.25) is 0 Å². The predicted octanol–water partition coefficient (Wildman–Crippen LogP) is 2.15. The highest BCUT2D eigenvalue weighted by molar-refractivity contribution is 5.94. The molecule has 152 valence electrons. The van der Waals surface area contributed by atoms with Crippen LogP contribution in [0.1, 0.15) is 28.8 Å². The average Bonchev–Trinajstić information content (AvgIpc) is 2.76. The molecule has 1 aliphatic rings. The predicted molar refractivity (Wildman–Crippen MR) is 106 cm³/mol. The lowest BCUT2D eigenvalue weighted by Gasteiger charge is -2.30. The van der Waals surface area contributed by atoms with E-state index in [0.717, 1.165) is 5.56 Å². The van der Waals surface area contributed by atoms with E-state index in [1.54, 1.807) is 29.2 Å². The maximum atomic E-state index is 12.5. The molecular weight excluding hydrogens is 372 g/mol. The lowest BCUT2D eigenvalue weighted by molar-refractivity contribution is -0.137. The van der Waals surface area contributed by atoms with Gasteiger partial charge >= 0.3 is 5.97 Å². The molecule has 0 aliphatic carbocycles. The van der Waals surface area contributed by atoms with Gasteiger partial charge in [-0.25, -0.2) is 4.79 Å². The van der Waals surface area contributed by atoms with Crippen LogP contribution < -0.4 is 10.5 Å². The first-order valence-corrected chi connectivity index (χ1v) is 9.54. The molecule has 0 unspecified atom stereocenters. The van der Waals surface area contributed by atoms with E-state index in [1.807, 2.05) is 30.3 Å². The summed E-state index contributed by atoms with van der Waals surface area (Å²) in [7, 11) is 0. The second-order valence-electron chi connectivity index (χ2n) is 6.90. The molecule has 0 spiro atoms. The Hall–Kier alpha value is -3.35. The highest BCUT2D eigenvalue weighted by Gasteiger charge is 2.26. The van der Waals surface area contributed by atoms with Gasteiger partial charge < -0.3 is 20.1 Å². The topological polar surface area (TPSA) is 98.9 Å². The lowest BCUT2D eigenvalue weighted by atomic mass is 9.96. The zero-order valence-electron chi connectivity index (χ0n) is 16.1.